The van der Waals surface area contributed by atoms with Gasteiger partial charge in [-0.3, -0.25) is 9.59 Å². The minimum Gasteiger partial charge on any atom is -0.317 e. The third-order valence-electron chi connectivity index (χ3n) is 4.82. The summed E-state index contributed by atoms with van der Waals surface area (Å²) in [6, 6.07) is 10.5. The molecule has 0 aliphatic rings. The van der Waals surface area contributed by atoms with Crippen LogP contribution in [0.1, 0.15) is 38.8 Å². The first-order valence-electron chi connectivity index (χ1n) is 9.29. The molecule has 0 saturated carbocycles. The van der Waals surface area contributed by atoms with Crippen LogP contribution >= 0.6 is 0 Å². The Bertz CT molecular complexity index is 1240. The molecule has 0 aromatic heterocycles. The van der Waals surface area contributed by atoms with Crippen molar-refractivity contribution in [1.82, 2.24) is 0 Å². The van der Waals surface area contributed by atoms with E-state index in [9.17, 15) is 40.3 Å². The van der Waals surface area contributed by atoms with Gasteiger partial charge in [0.25, 0.3) is 5.91 Å². The van der Waals surface area contributed by atoms with Crippen LogP contribution in [0.15, 0.2) is 42.5 Å². The smallest absolute Gasteiger partial charge is 0.317 e. The summed E-state index contributed by atoms with van der Waals surface area (Å²) in [7, 11) is 0. The third-order valence-corrected chi connectivity index (χ3v) is 4.82. The predicted molar refractivity (Wildman–Crippen MR) is 106 cm³/mol. The predicted octanol–water partition coefficient (Wildman–Crippen LogP) is 6.69. The van der Waals surface area contributed by atoms with Gasteiger partial charge in [-0.25, -0.2) is 17.6 Å². The number of amides is 1. The highest BCUT2D eigenvalue weighted by molar-refractivity contribution is 6.10. The highest BCUT2D eigenvalue weighted by Gasteiger charge is 2.42. The van der Waals surface area contributed by atoms with Gasteiger partial charge < -0.3 is 5.32 Å². The first-order chi connectivity index (χ1) is 15.3. The van der Waals surface area contributed by atoms with Gasteiger partial charge in [-0.2, -0.15) is 13.2 Å². The molecule has 0 bridgehead atoms. The van der Waals surface area contributed by atoms with Gasteiger partial charge in [0.15, 0.2) is 29.1 Å². The van der Waals surface area contributed by atoms with Crippen LogP contribution in [0.3, 0.4) is 0 Å². The lowest BCUT2D eigenvalue weighted by Crippen LogP contribution is -2.21. The Morgan fingerprint density at radius 2 is 1.36 bits per heavy atom. The van der Waals surface area contributed by atoms with Crippen LogP contribution in [0.25, 0.3) is 11.1 Å². The van der Waals surface area contributed by atoms with Crippen LogP contribution in [0.4, 0.5) is 36.4 Å². The second kappa shape index (κ2) is 8.68. The largest absolute Gasteiger partial charge is 0.422 e. The minimum atomic E-state index is -5.72. The Balaban J connectivity index is 2.14. The highest BCUT2D eigenvalue weighted by atomic mass is 19.4. The van der Waals surface area contributed by atoms with Gasteiger partial charge in [0, 0.05) is 11.1 Å². The van der Waals surface area contributed by atoms with Gasteiger partial charge in [0.05, 0.1) is 0 Å². The summed E-state index contributed by atoms with van der Waals surface area (Å²) >= 11 is 0. The average Bonchev–Trinajstić information content (AvgIpc) is 2.74. The summed E-state index contributed by atoms with van der Waals surface area (Å²) in [6.45, 7) is 3.00. The van der Waals surface area contributed by atoms with E-state index in [-0.39, 0.29) is 16.7 Å². The number of alkyl halides is 3. The van der Waals surface area contributed by atoms with Crippen molar-refractivity contribution in [3.8, 4) is 11.1 Å². The van der Waals surface area contributed by atoms with E-state index in [0.717, 1.165) is 11.6 Å². The van der Waals surface area contributed by atoms with Crippen molar-refractivity contribution in [2.45, 2.75) is 20.0 Å². The van der Waals surface area contributed by atoms with E-state index < -0.39 is 52.4 Å². The highest BCUT2D eigenvalue weighted by Crippen LogP contribution is 2.38. The molecule has 0 aliphatic heterocycles. The van der Waals surface area contributed by atoms with Crippen molar-refractivity contribution in [3.05, 3.63) is 88.0 Å². The second-order valence-electron chi connectivity index (χ2n) is 7.14. The Kier molecular flexibility index (Phi) is 6.31. The molecule has 0 heterocycles. The summed E-state index contributed by atoms with van der Waals surface area (Å²) in [5, 5.41) is 1.60. The second-order valence-corrected chi connectivity index (χ2v) is 7.14. The zero-order valence-corrected chi connectivity index (χ0v) is 17.0. The normalized spacial score (nSPS) is 11.4. The van der Waals surface area contributed by atoms with Gasteiger partial charge in [-0.1, -0.05) is 42.0 Å². The number of nitrogens with one attached hydrogen (secondary N) is 1. The van der Waals surface area contributed by atoms with Crippen LogP contribution < -0.4 is 5.32 Å². The number of halogens is 7. The topological polar surface area (TPSA) is 46.2 Å². The quantitative estimate of drug-likeness (QED) is 0.263. The first kappa shape index (κ1) is 24.0. The van der Waals surface area contributed by atoms with Crippen molar-refractivity contribution < 1.29 is 40.3 Å². The van der Waals surface area contributed by atoms with Gasteiger partial charge in [-0.05, 0) is 31.0 Å². The molecule has 33 heavy (non-hydrogen) atoms. The standard InChI is InChI=1S/C23H14F7NO2/c1-10-3-5-12(6-4-10)14-8-7-13(11(2)32)9-15(14)22(33)31-21-19(26)17(24)16(23(28,29)30)18(25)20(21)27/h3-9H,1-2H3,(H,31,33). The van der Waals surface area contributed by atoms with E-state index in [2.05, 4.69) is 0 Å². The fraction of sp³-hybridized carbons (Fsp3) is 0.130. The van der Waals surface area contributed by atoms with E-state index in [1.807, 2.05) is 0 Å². The van der Waals surface area contributed by atoms with Crippen LogP contribution in [0, 0.1) is 30.2 Å². The molecule has 10 heteroatoms. The lowest BCUT2D eigenvalue weighted by atomic mass is 9.95. The molecule has 0 saturated heterocycles. The number of anilines is 1. The number of carbonyl (C=O) groups is 2. The molecule has 3 aromatic rings. The SMILES string of the molecule is CC(=O)c1ccc(-c2ccc(C)cc2)c(C(=O)Nc2c(F)c(F)c(C(F)(F)F)c(F)c2F)c1. The maximum absolute atomic E-state index is 14.2. The first-order valence-corrected chi connectivity index (χ1v) is 9.29. The number of carbonyl (C=O) groups excluding carboxylic acids is 2. The third kappa shape index (κ3) is 4.59. The molecule has 0 unspecified atom stereocenters. The molecule has 1 amide bonds. The van der Waals surface area contributed by atoms with Crippen molar-refractivity contribution in [2.24, 2.45) is 0 Å². The van der Waals surface area contributed by atoms with E-state index in [1.165, 1.54) is 19.1 Å². The fourth-order valence-electron chi connectivity index (χ4n) is 3.11. The maximum atomic E-state index is 14.2. The Morgan fingerprint density at radius 3 is 1.85 bits per heavy atom. The molecule has 0 atom stereocenters. The zero-order valence-electron chi connectivity index (χ0n) is 17.0. The molecular formula is C23H14F7NO2. The van der Waals surface area contributed by atoms with Crippen LogP contribution in [0.2, 0.25) is 0 Å². The number of hydrogen-bond acceptors (Lipinski definition) is 2. The van der Waals surface area contributed by atoms with E-state index >= 15 is 0 Å². The molecule has 3 nitrogen and oxygen atoms in total. The van der Waals surface area contributed by atoms with Crippen LogP contribution in [-0.4, -0.2) is 11.7 Å². The van der Waals surface area contributed by atoms with Gasteiger partial charge >= 0.3 is 6.18 Å². The van der Waals surface area contributed by atoms with Crippen molar-refractivity contribution >= 4 is 17.4 Å². The Hall–Kier alpha value is -3.69. The lowest BCUT2D eigenvalue weighted by molar-refractivity contribution is -0.143. The maximum Gasteiger partial charge on any atom is 0.422 e. The molecule has 0 fully saturated rings. The number of benzene rings is 3. The lowest BCUT2D eigenvalue weighted by Gasteiger charge is -2.16. The molecule has 3 aromatic carbocycles. The molecular weight excluding hydrogens is 455 g/mol. The summed E-state index contributed by atoms with van der Waals surface area (Å²) in [5.41, 5.74) is -3.20. The molecule has 0 spiro atoms. The monoisotopic (exact) mass is 469 g/mol. The van der Waals surface area contributed by atoms with Crippen LogP contribution in [-0.2, 0) is 6.18 Å². The summed E-state index contributed by atoms with van der Waals surface area (Å²) in [4.78, 5) is 24.6. The van der Waals surface area contributed by atoms with E-state index in [1.54, 1.807) is 36.5 Å². The van der Waals surface area contributed by atoms with E-state index in [4.69, 9.17) is 0 Å². The number of aryl methyl sites for hydroxylation is 1. The average molecular weight is 469 g/mol. The molecule has 1 N–H and O–H groups in total. The fourth-order valence-corrected chi connectivity index (χ4v) is 3.11. The summed E-state index contributed by atoms with van der Waals surface area (Å²) in [6.07, 6.45) is -5.72. The minimum absolute atomic E-state index is 0.0433. The zero-order chi connectivity index (χ0) is 24.7. The number of Topliss-reactive ketones (excluding diaryl/α,β-unsaturated/α-hetero) is 1. The van der Waals surface area contributed by atoms with Crippen molar-refractivity contribution in [3.63, 3.8) is 0 Å². The number of ketones is 1. The summed E-state index contributed by atoms with van der Waals surface area (Å²) in [5.74, 6) is -12.0. The molecule has 172 valence electrons. The van der Waals surface area contributed by atoms with Gasteiger partial charge in [0.2, 0.25) is 0 Å². The summed E-state index contributed by atoms with van der Waals surface area (Å²) < 4.78 is 94.6. The van der Waals surface area contributed by atoms with Gasteiger partial charge in [0.1, 0.15) is 11.3 Å². The van der Waals surface area contributed by atoms with Gasteiger partial charge in [-0.15, -0.1) is 0 Å². The molecule has 3 rings (SSSR count). The molecule has 0 radical (unpaired) electrons. The van der Waals surface area contributed by atoms with Crippen molar-refractivity contribution in [1.29, 1.82) is 0 Å². The van der Waals surface area contributed by atoms with E-state index in [0.29, 0.717) is 5.56 Å². The Morgan fingerprint density at radius 1 is 0.818 bits per heavy atom. The number of hydrogen-bond donors (Lipinski definition) is 1. The Labute approximate surface area is 182 Å². The molecule has 0 aliphatic carbocycles. The number of rotatable bonds is 4. The van der Waals surface area contributed by atoms with Crippen molar-refractivity contribution in [2.75, 3.05) is 5.32 Å². The van der Waals surface area contributed by atoms with Crippen LogP contribution in [0.5, 0.6) is 0 Å².